The lowest BCUT2D eigenvalue weighted by Gasteiger charge is -2.36. The van der Waals surface area contributed by atoms with Crippen molar-refractivity contribution in [3.63, 3.8) is 0 Å². The summed E-state index contributed by atoms with van der Waals surface area (Å²) in [5, 5.41) is 0. The highest BCUT2D eigenvalue weighted by Gasteiger charge is 2.28. The maximum absolute atomic E-state index is 13.1. The van der Waals surface area contributed by atoms with Crippen LogP contribution in [0.25, 0.3) is 0 Å². The van der Waals surface area contributed by atoms with E-state index in [1.807, 2.05) is 36.1 Å². The summed E-state index contributed by atoms with van der Waals surface area (Å²) in [4.78, 5) is 17.2. The molecule has 0 fully saturated rings. The van der Waals surface area contributed by atoms with Crippen LogP contribution in [0.1, 0.15) is 23.1 Å². The van der Waals surface area contributed by atoms with Gasteiger partial charge in [0.15, 0.2) is 11.5 Å². The van der Waals surface area contributed by atoms with E-state index in [0.29, 0.717) is 18.8 Å². The number of ether oxygens (including phenoxy) is 2. The summed E-state index contributed by atoms with van der Waals surface area (Å²) < 4.78 is 40.3. The van der Waals surface area contributed by atoms with Crippen molar-refractivity contribution in [1.29, 1.82) is 0 Å². The van der Waals surface area contributed by atoms with E-state index in [1.165, 1.54) is 17.7 Å². The van der Waals surface area contributed by atoms with Crippen LogP contribution in [-0.2, 0) is 27.8 Å². The third kappa shape index (κ3) is 7.12. The van der Waals surface area contributed by atoms with Gasteiger partial charge in [-0.3, -0.25) is 9.35 Å². The van der Waals surface area contributed by atoms with E-state index in [2.05, 4.69) is 37.2 Å². The monoisotopic (exact) mass is 538 g/mol. The molecule has 3 aromatic rings. The van der Waals surface area contributed by atoms with Crippen molar-refractivity contribution in [2.45, 2.75) is 31.1 Å². The van der Waals surface area contributed by atoms with Crippen molar-refractivity contribution in [2.75, 3.05) is 38.9 Å². The van der Waals surface area contributed by atoms with Gasteiger partial charge in [-0.1, -0.05) is 42.0 Å². The lowest BCUT2D eigenvalue weighted by atomic mass is 9.91. The number of anilines is 1. The molecule has 0 saturated carbocycles. The highest BCUT2D eigenvalue weighted by molar-refractivity contribution is 7.85. The maximum atomic E-state index is 13.1. The molecule has 1 amide bonds. The molecule has 2 aliphatic heterocycles. The zero-order valence-electron chi connectivity index (χ0n) is 22.0. The van der Waals surface area contributed by atoms with Crippen LogP contribution in [0.3, 0.4) is 0 Å². The Kier molecular flexibility index (Phi) is 8.71. The van der Waals surface area contributed by atoms with Crippen LogP contribution >= 0.6 is 0 Å². The van der Waals surface area contributed by atoms with Crippen molar-refractivity contribution in [2.24, 2.45) is 5.92 Å². The van der Waals surface area contributed by atoms with E-state index in [4.69, 9.17) is 14.0 Å². The zero-order chi connectivity index (χ0) is 27.3. The molecule has 2 heterocycles. The second-order valence-corrected chi connectivity index (χ2v) is 11.4. The number of carbonyl (C=O) groups excluding carboxylic acids is 1. The van der Waals surface area contributed by atoms with Gasteiger partial charge in [-0.15, -0.1) is 0 Å². The lowest BCUT2D eigenvalue weighted by Crippen LogP contribution is -2.43. The Balaban J connectivity index is 0.000000257. The first-order valence-corrected chi connectivity index (χ1v) is 14.0. The van der Waals surface area contributed by atoms with Crippen LogP contribution in [0.5, 0.6) is 11.5 Å². The average molecular weight is 539 g/mol. The van der Waals surface area contributed by atoms with Crippen LogP contribution in [0.4, 0.5) is 5.69 Å². The minimum absolute atomic E-state index is 0.0666. The van der Waals surface area contributed by atoms with Crippen LogP contribution in [0.2, 0.25) is 0 Å². The molecule has 0 bridgehead atoms. The Morgan fingerprint density at radius 2 is 1.74 bits per heavy atom. The molecular formula is C29H34N2O6S. The number of nitrogens with zero attached hydrogens (tertiary/aromatic N) is 2. The molecule has 1 N–H and O–H groups in total. The molecule has 0 saturated heterocycles. The second-order valence-electron chi connectivity index (χ2n) is 9.94. The Hall–Kier alpha value is -3.40. The molecular weight excluding hydrogens is 504 g/mol. The molecule has 1 atom stereocenters. The fourth-order valence-electron chi connectivity index (χ4n) is 4.75. The first-order chi connectivity index (χ1) is 18.1. The molecule has 2 aliphatic rings. The quantitative estimate of drug-likeness (QED) is 0.466. The number of hydrogen-bond donors (Lipinski definition) is 1. The lowest BCUT2D eigenvalue weighted by molar-refractivity contribution is -0.118. The number of rotatable bonds is 6. The Morgan fingerprint density at radius 1 is 1.03 bits per heavy atom. The summed E-state index contributed by atoms with van der Waals surface area (Å²) in [6, 6.07) is 20.2. The summed E-state index contributed by atoms with van der Waals surface area (Å²) in [6.45, 7) is 3.89. The van der Waals surface area contributed by atoms with Gasteiger partial charge in [-0.2, -0.15) is 8.42 Å². The summed E-state index contributed by atoms with van der Waals surface area (Å²) in [6.07, 6.45) is 2.22. The van der Waals surface area contributed by atoms with Crippen molar-refractivity contribution in [1.82, 2.24) is 4.90 Å². The summed E-state index contributed by atoms with van der Waals surface area (Å²) >= 11 is 0. The second kappa shape index (κ2) is 12.0. The van der Waals surface area contributed by atoms with E-state index in [-0.39, 0.29) is 17.6 Å². The number of amides is 1. The molecule has 0 radical (unpaired) electrons. The Bertz CT molecular complexity index is 1370. The largest absolute Gasteiger partial charge is 0.454 e. The average Bonchev–Trinajstić information content (AvgIpc) is 3.34. The molecule has 0 spiro atoms. The van der Waals surface area contributed by atoms with Crippen LogP contribution in [0.15, 0.2) is 71.6 Å². The van der Waals surface area contributed by atoms with E-state index >= 15 is 0 Å². The van der Waals surface area contributed by atoms with Gasteiger partial charge in [0.1, 0.15) is 0 Å². The third-order valence-corrected chi connectivity index (χ3v) is 7.41. The number of benzene rings is 3. The molecule has 9 heteroatoms. The minimum atomic E-state index is -4.02. The molecule has 3 aromatic carbocycles. The Labute approximate surface area is 224 Å². The smallest absolute Gasteiger partial charge is 0.294 e. The zero-order valence-corrected chi connectivity index (χ0v) is 22.8. The third-order valence-electron chi connectivity index (χ3n) is 6.54. The topological polar surface area (TPSA) is 96.4 Å². The van der Waals surface area contributed by atoms with Crippen molar-refractivity contribution >= 4 is 21.7 Å². The summed E-state index contributed by atoms with van der Waals surface area (Å²) in [5.41, 5.74) is 4.40. The highest BCUT2D eigenvalue weighted by atomic mass is 32.2. The van der Waals surface area contributed by atoms with Gasteiger partial charge in [0, 0.05) is 25.2 Å². The maximum Gasteiger partial charge on any atom is 0.294 e. The van der Waals surface area contributed by atoms with E-state index < -0.39 is 10.1 Å². The molecule has 8 nitrogen and oxygen atoms in total. The van der Waals surface area contributed by atoms with Crippen LogP contribution in [0, 0.1) is 12.8 Å². The number of carbonyl (C=O) groups is 1. The molecule has 0 aromatic heterocycles. The normalized spacial score (nSPS) is 16.0. The fourth-order valence-corrected chi connectivity index (χ4v) is 5.23. The van der Waals surface area contributed by atoms with Crippen molar-refractivity contribution in [3.8, 4) is 11.5 Å². The van der Waals surface area contributed by atoms with Crippen molar-refractivity contribution < 1.29 is 27.2 Å². The molecule has 5 rings (SSSR count). The molecule has 38 heavy (non-hydrogen) atoms. The van der Waals surface area contributed by atoms with E-state index in [0.717, 1.165) is 47.8 Å². The number of hydrogen-bond acceptors (Lipinski definition) is 6. The first-order valence-electron chi connectivity index (χ1n) is 12.6. The van der Waals surface area contributed by atoms with Gasteiger partial charge >= 0.3 is 0 Å². The number of para-hydroxylation sites is 1. The predicted octanol–water partition coefficient (Wildman–Crippen LogP) is 4.36. The molecule has 202 valence electrons. The summed E-state index contributed by atoms with van der Waals surface area (Å²) in [7, 11) is 0.160. The highest BCUT2D eigenvalue weighted by Crippen LogP contribution is 2.33. The number of fused-ring (bicyclic) bond motifs is 2. The van der Waals surface area contributed by atoms with Gasteiger partial charge in [0.25, 0.3) is 10.1 Å². The van der Waals surface area contributed by atoms with Crippen LogP contribution in [-0.4, -0.2) is 57.8 Å². The summed E-state index contributed by atoms with van der Waals surface area (Å²) in [5.74, 6) is 2.20. The standard InChI is InChI=1S/C22H26N2O3.C7H8O3S/c1-23(2)13-17-11-18-5-3-4-6-19(18)24(14-17)22(25)10-8-16-7-9-20-21(12-16)27-15-26-20;1-6-2-4-7(5-3-6)11(8,9)10/h3-7,9,12,17H,8,10-11,13-15H2,1-2H3;2-5H,1H3,(H,8,9,10). The minimum Gasteiger partial charge on any atom is -0.454 e. The number of aryl methyl sites for hydroxylation is 2. The van der Waals surface area contributed by atoms with Crippen molar-refractivity contribution in [3.05, 3.63) is 83.4 Å². The molecule has 1 unspecified atom stereocenters. The SMILES string of the molecule is CN(C)CC1Cc2ccccc2N(C(=O)CCc2ccc3c(c2)OCO3)C1.Cc1ccc(S(=O)(=O)O)cc1. The van der Waals surface area contributed by atoms with Gasteiger partial charge in [-0.05, 0) is 81.2 Å². The van der Waals surface area contributed by atoms with Gasteiger partial charge < -0.3 is 19.3 Å². The van der Waals surface area contributed by atoms with Gasteiger partial charge in [0.05, 0.1) is 4.90 Å². The van der Waals surface area contributed by atoms with Crippen LogP contribution < -0.4 is 14.4 Å². The first kappa shape index (κ1) is 27.6. The predicted molar refractivity (Wildman–Crippen MR) is 146 cm³/mol. The van der Waals surface area contributed by atoms with E-state index in [9.17, 15) is 13.2 Å². The van der Waals surface area contributed by atoms with Gasteiger partial charge in [-0.25, -0.2) is 0 Å². The fraction of sp³-hybridized carbons (Fsp3) is 0.345. The van der Waals surface area contributed by atoms with Gasteiger partial charge in [0.2, 0.25) is 12.7 Å². The molecule has 0 aliphatic carbocycles. The van der Waals surface area contributed by atoms with E-state index in [1.54, 1.807) is 12.1 Å². The Morgan fingerprint density at radius 3 is 2.45 bits per heavy atom.